The zero-order valence-corrected chi connectivity index (χ0v) is 21.2. The van der Waals surface area contributed by atoms with Crippen LogP contribution in [0.1, 0.15) is 52.9 Å². The van der Waals surface area contributed by atoms with Crippen molar-refractivity contribution in [1.82, 2.24) is 0 Å². The fraction of sp³-hybridized carbons (Fsp3) is 0.731. The highest BCUT2D eigenvalue weighted by molar-refractivity contribution is 6.01. The molecule has 6 unspecified atom stereocenters. The molecule has 9 nitrogen and oxygen atoms in total. The van der Waals surface area contributed by atoms with Gasteiger partial charge in [-0.15, -0.1) is 10.1 Å². The Balaban J connectivity index is 1.52. The molecule has 0 aromatic carbocycles. The highest BCUT2D eigenvalue weighted by Crippen LogP contribution is 2.70. The molecule has 9 atom stereocenters. The lowest BCUT2D eigenvalue weighted by atomic mass is 9.45. The number of Topliss-reactive ketones (excluding diaryl/α,β-unsaturated/α-hetero) is 1. The summed E-state index contributed by atoms with van der Waals surface area (Å²) >= 11 is 0. The summed E-state index contributed by atoms with van der Waals surface area (Å²) in [4.78, 5) is 51.5. The summed E-state index contributed by atoms with van der Waals surface area (Å²) < 4.78 is 37.7. The summed E-state index contributed by atoms with van der Waals surface area (Å²) in [5.41, 5.74) is -4.48. The minimum Gasteiger partial charge on any atom is -0.458 e. The maximum Gasteiger partial charge on any atom is 0.306 e. The minimum atomic E-state index is -2.21. The molecule has 204 valence electrons. The van der Waals surface area contributed by atoms with Gasteiger partial charge in [0.05, 0.1) is 12.7 Å². The van der Waals surface area contributed by atoms with E-state index in [1.807, 2.05) is 13.8 Å². The van der Waals surface area contributed by atoms with Crippen molar-refractivity contribution in [2.45, 2.75) is 70.8 Å². The van der Waals surface area contributed by atoms with E-state index in [0.717, 1.165) is 6.08 Å². The van der Waals surface area contributed by atoms with Gasteiger partial charge in [0.1, 0.15) is 12.8 Å². The fourth-order valence-corrected chi connectivity index (χ4v) is 7.93. The molecular formula is C26H33F2NO8. The average molecular weight is 526 g/mol. The Morgan fingerprint density at radius 2 is 1.97 bits per heavy atom. The quantitative estimate of drug-likeness (QED) is 0.221. The topological polar surface area (TPSA) is 133 Å². The molecular weight excluding hydrogens is 492 g/mol. The number of allylic oxidation sites excluding steroid dienone is 4. The predicted molar refractivity (Wildman–Crippen MR) is 125 cm³/mol. The SMILES string of the molecule is C[C@@H]1CC2C3C[C@H](F)C4=CC(=O)C=CC4(C)[C@@]3(F)C(O)CC2(C)C1C(=O)COC(=O)CCCO[N+](=O)[O-]. The van der Waals surface area contributed by atoms with Crippen molar-refractivity contribution in [2.24, 2.45) is 34.5 Å². The molecule has 11 heteroatoms. The lowest BCUT2D eigenvalue weighted by Gasteiger charge is -2.62. The Morgan fingerprint density at radius 3 is 2.65 bits per heavy atom. The summed E-state index contributed by atoms with van der Waals surface area (Å²) in [6.07, 6.45) is 0.833. The molecule has 0 aliphatic heterocycles. The number of ketones is 2. The number of fused-ring (bicyclic) bond motifs is 5. The molecule has 0 bridgehead atoms. The highest BCUT2D eigenvalue weighted by Gasteiger charge is 2.73. The highest BCUT2D eigenvalue weighted by atomic mass is 19.1. The summed E-state index contributed by atoms with van der Waals surface area (Å²) in [7, 11) is 0. The summed E-state index contributed by atoms with van der Waals surface area (Å²) in [6, 6.07) is 0. The van der Waals surface area contributed by atoms with Crippen molar-refractivity contribution in [3.63, 3.8) is 0 Å². The lowest BCUT2D eigenvalue weighted by molar-refractivity contribution is -0.757. The number of hydrogen-bond donors (Lipinski definition) is 1. The molecule has 0 heterocycles. The van der Waals surface area contributed by atoms with E-state index in [2.05, 4.69) is 4.84 Å². The van der Waals surface area contributed by atoms with Gasteiger partial charge in [-0.2, -0.15) is 0 Å². The van der Waals surface area contributed by atoms with Crippen molar-refractivity contribution >= 4 is 17.5 Å². The van der Waals surface area contributed by atoms with Gasteiger partial charge in [-0.25, -0.2) is 8.78 Å². The van der Waals surface area contributed by atoms with Gasteiger partial charge < -0.3 is 14.7 Å². The van der Waals surface area contributed by atoms with Crippen LogP contribution in [0, 0.1) is 44.6 Å². The number of hydrogen-bond acceptors (Lipinski definition) is 8. The smallest absolute Gasteiger partial charge is 0.306 e. The summed E-state index contributed by atoms with van der Waals surface area (Å²) in [6.45, 7) is 4.44. The zero-order valence-electron chi connectivity index (χ0n) is 21.2. The van der Waals surface area contributed by atoms with Crippen molar-refractivity contribution in [2.75, 3.05) is 13.2 Å². The molecule has 37 heavy (non-hydrogen) atoms. The second kappa shape index (κ2) is 9.56. The first-order chi connectivity index (χ1) is 17.3. The second-order valence-electron chi connectivity index (χ2n) is 11.4. The molecule has 0 aromatic rings. The third-order valence-electron chi connectivity index (χ3n) is 9.41. The third-order valence-corrected chi connectivity index (χ3v) is 9.41. The number of aliphatic hydroxyl groups excluding tert-OH is 1. The normalized spacial score (nSPS) is 42.2. The Morgan fingerprint density at radius 1 is 1.27 bits per heavy atom. The van der Waals surface area contributed by atoms with Crippen LogP contribution in [0.25, 0.3) is 0 Å². The van der Waals surface area contributed by atoms with Gasteiger partial charge in [0.25, 0.3) is 5.09 Å². The van der Waals surface area contributed by atoms with Gasteiger partial charge in [-0.3, -0.25) is 14.4 Å². The monoisotopic (exact) mass is 525 g/mol. The zero-order chi connectivity index (χ0) is 27.3. The van der Waals surface area contributed by atoms with E-state index >= 15 is 8.78 Å². The van der Waals surface area contributed by atoms with E-state index in [4.69, 9.17) is 4.74 Å². The van der Waals surface area contributed by atoms with Gasteiger partial charge in [0.15, 0.2) is 17.2 Å². The average Bonchev–Trinajstić information content (AvgIpc) is 3.08. The summed E-state index contributed by atoms with van der Waals surface area (Å²) in [5, 5.41) is 20.5. The third kappa shape index (κ3) is 4.28. The molecule has 3 saturated carbocycles. The van der Waals surface area contributed by atoms with Gasteiger partial charge in [-0.1, -0.05) is 19.9 Å². The van der Waals surface area contributed by atoms with Gasteiger partial charge in [-0.05, 0) is 67.6 Å². The van der Waals surface area contributed by atoms with Crippen LogP contribution in [-0.2, 0) is 24.0 Å². The van der Waals surface area contributed by atoms with E-state index in [0.29, 0.717) is 6.42 Å². The van der Waals surface area contributed by atoms with Crippen LogP contribution in [0.5, 0.6) is 0 Å². The fourth-order valence-electron chi connectivity index (χ4n) is 7.93. The Hall–Kier alpha value is -2.69. The van der Waals surface area contributed by atoms with E-state index in [1.165, 1.54) is 19.1 Å². The Bertz CT molecular complexity index is 1060. The first-order valence-electron chi connectivity index (χ1n) is 12.7. The maximum atomic E-state index is 17.1. The largest absolute Gasteiger partial charge is 0.458 e. The Labute approximate surface area is 213 Å². The number of esters is 1. The first-order valence-corrected chi connectivity index (χ1v) is 12.7. The standard InChI is InChI=1S/C26H33F2NO8/c1-14-9-16-17-11-19(27)18-10-15(30)6-7-25(18,3)26(17,28)21(32)12-24(16,2)23(14)20(31)13-36-22(33)5-4-8-37-29(34)35/h6-7,10,14,16-17,19,21,23,32H,4-5,8-9,11-13H2,1-3H3/t14-,16?,17?,19+,21?,23?,24?,25?,26+/m1/s1. The van der Waals surface area contributed by atoms with Crippen LogP contribution < -0.4 is 0 Å². The predicted octanol–water partition coefficient (Wildman–Crippen LogP) is 3.27. The van der Waals surface area contributed by atoms with Gasteiger partial charge >= 0.3 is 5.97 Å². The van der Waals surface area contributed by atoms with E-state index in [-0.39, 0.29) is 49.6 Å². The summed E-state index contributed by atoms with van der Waals surface area (Å²) in [5.74, 6) is -3.58. The maximum absolute atomic E-state index is 17.1. The number of carbonyl (C=O) groups excluding carboxylic acids is 3. The molecule has 4 rings (SSSR count). The van der Waals surface area contributed by atoms with Crippen molar-refractivity contribution in [3.8, 4) is 0 Å². The number of alkyl halides is 2. The number of nitrogens with zero attached hydrogens (tertiary/aromatic N) is 1. The number of rotatable bonds is 8. The molecule has 0 spiro atoms. The number of ether oxygens (including phenoxy) is 1. The van der Waals surface area contributed by atoms with Crippen LogP contribution in [0.3, 0.4) is 0 Å². The van der Waals surface area contributed by atoms with Crippen molar-refractivity contribution < 1.29 is 42.9 Å². The Kier molecular flexibility index (Phi) is 7.07. The molecule has 0 radical (unpaired) electrons. The van der Waals surface area contributed by atoms with Crippen LogP contribution in [0.2, 0.25) is 0 Å². The molecule has 0 amide bonds. The molecule has 3 fully saturated rings. The lowest BCUT2D eigenvalue weighted by Crippen LogP contribution is -2.68. The second-order valence-corrected chi connectivity index (χ2v) is 11.4. The van der Waals surface area contributed by atoms with Crippen molar-refractivity contribution in [3.05, 3.63) is 33.9 Å². The van der Waals surface area contributed by atoms with Gasteiger partial charge in [0.2, 0.25) is 0 Å². The molecule has 0 saturated heterocycles. The van der Waals surface area contributed by atoms with Crippen LogP contribution in [0.4, 0.5) is 8.78 Å². The molecule has 4 aliphatic carbocycles. The van der Waals surface area contributed by atoms with Crippen LogP contribution in [0.15, 0.2) is 23.8 Å². The van der Waals surface area contributed by atoms with Gasteiger partial charge in [0, 0.05) is 23.7 Å². The van der Waals surface area contributed by atoms with Crippen LogP contribution >= 0.6 is 0 Å². The molecule has 0 aromatic heterocycles. The number of aliphatic hydroxyl groups is 1. The number of carbonyl (C=O) groups is 3. The van der Waals surface area contributed by atoms with Crippen LogP contribution in [-0.4, -0.2) is 58.9 Å². The molecule has 1 N–H and O–H groups in total. The first kappa shape index (κ1) is 27.3. The minimum absolute atomic E-state index is 0.0286. The van der Waals surface area contributed by atoms with E-state index in [1.54, 1.807) is 0 Å². The van der Waals surface area contributed by atoms with E-state index in [9.17, 15) is 29.6 Å². The van der Waals surface area contributed by atoms with Crippen molar-refractivity contribution in [1.29, 1.82) is 0 Å². The number of halogens is 2. The van der Waals surface area contributed by atoms with E-state index < -0.39 is 70.0 Å². The molecule has 4 aliphatic rings.